The fourth-order valence-electron chi connectivity index (χ4n) is 4.18. The Bertz CT molecular complexity index is 1230. The number of piperidine rings is 1. The molecule has 0 spiro atoms. The van der Waals surface area contributed by atoms with Crippen LogP contribution in [0.1, 0.15) is 34.5 Å². The third-order valence-electron chi connectivity index (χ3n) is 5.65. The number of nitriles is 1. The summed E-state index contributed by atoms with van der Waals surface area (Å²) >= 11 is 0. The Morgan fingerprint density at radius 1 is 1.29 bits per heavy atom. The number of rotatable bonds is 3. The molecule has 31 heavy (non-hydrogen) atoms. The van der Waals surface area contributed by atoms with Crippen molar-refractivity contribution in [1.29, 1.82) is 5.26 Å². The van der Waals surface area contributed by atoms with Crippen LogP contribution in [0.25, 0.3) is 16.9 Å². The van der Waals surface area contributed by atoms with Gasteiger partial charge < -0.3 is 15.3 Å². The number of aliphatic hydroxyl groups is 1. The number of nitrogens with one attached hydrogen (secondary N) is 1. The van der Waals surface area contributed by atoms with Gasteiger partial charge in [-0.2, -0.15) is 10.4 Å². The molecule has 0 bridgehead atoms. The van der Waals surface area contributed by atoms with Gasteiger partial charge in [0.1, 0.15) is 5.82 Å². The largest absolute Gasteiger partial charge is 0.391 e. The zero-order chi connectivity index (χ0) is 21.5. The van der Waals surface area contributed by atoms with Crippen LogP contribution in [0, 0.1) is 17.1 Å². The van der Waals surface area contributed by atoms with E-state index in [0.29, 0.717) is 29.3 Å². The Kier molecular flexibility index (Phi) is 4.64. The molecule has 2 aromatic heterocycles. The minimum absolute atomic E-state index is 0.0972. The van der Waals surface area contributed by atoms with E-state index in [1.165, 1.54) is 18.2 Å². The molecule has 2 aliphatic rings. The highest BCUT2D eigenvalue weighted by molar-refractivity contribution is 6.01. The van der Waals surface area contributed by atoms with Gasteiger partial charge in [-0.25, -0.2) is 14.1 Å². The average Bonchev–Trinajstić information content (AvgIpc) is 3.40. The number of hydrogen-bond donors (Lipinski definition) is 2. The molecule has 156 valence electrons. The second kappa shape index (κ2) is 7.49. The third-order valence-corrected chi connectivity index (χ3v) is 5.65. The van der Waals surface area contributed by atoms with Crippen molar-refractivity contribution >= 4 is 11.7 Å². The van der Waals surface area contributed by atoms with Crippen LogP contribution in [0.2, 0.25) is 0 Å². The lowest BCUT2D eigenvalue weighted by molar-refractivity contribution is 0.0965. The van der Waals surface area contributed by atoms with Gasteiger partial charge in [-0.3, -0.25) is 4.79 Å². The first-order valence-corrected chi connectivity index (χ1v) is 10.1. The van der Waals surface area contributed by atoms with Crippen molar-refractivity contribution in [2.45, 2.75) is 25.5 Å². The van der Waals surface area contributed by atoms with Crippen LogP contribution in [-0.4, -0.2) is 45.0 Å². The van der Waals surface area contributed by atoms with Crippen LogP contribution in [0.4, 0.5) is 10.2 Å². The van der Waals surface area contributed by atoms with Gasteiger partial charge in [0.2, 0.25) is 0 Å². The Morgan fingerprint density at radius 2 is 2.16 bits per heavy atom. The van der Waals surface area contributed by atoms with E-state index >= 15 is 0 Å². The van der Waals surface area contributed by atoms with Crippen LogP contribution in [0.15, 0.2) is 36.5 Å². The van der Waals surface area contributed by atoms with Crippen molar-refractivity contribution in [2.75, 3.05) is 18.0 Å². The summed E-state index contributed by atoms with van der Waals surface area (Å²) in [6.45, 7) is 1.50. The van der Waals surface area contributed by atoms with Gasteiger partial charge in [-0.05, 0) is 31.0 Å². The van der Waals surface area contributed by atoms with E-state index < -0.39 is 11.9 Å². The number of halogens is 1. The summed E-state index contributed by atoms with van der Waals surface area (Å²) in [5.41, 5.74) is 1.86. The smallest absolute Gasteiger partial charge is 0.255 e. The number of aromatic nitrogens is 3. The molecule has 8 nitrogen and oxygen atoms in total. The fourth-order valence-corrected chi connectivity index (χ4v) is 4.18. The van der Waals surface area contributed by atoms with Gasteiger partial charge in [0.05, 0.1) is 52.5 Å². The molecule has 2 aliphatic heterocycles. The lowest BCUT2D eigenvalue weighted by atomic mass is 10.0. The number of hydrogen-bond acceptors (Lipinski definition) is 6. The number of aliphatic hydroxyl groups excluding tert-OH is 1. The van der Waals surface area contributed by atoms with Gasteiger partial charge in [-0.15, -0.1) is 0 Å². The Labute approximate surface area is 177 Å². The second-order valence-corrected chi connectivity index (χ2v) is 7.67. The first kappa shape index (κ1) is 19.2. The molecule has 2 N–H and O–H groups in total. The van der Waals surface area contributed by atoms with Gasteiger partial charge in [-0.1, -0.05) is 6.07 Å². The second-order valence-electron chi connectivity index (χ2n) is 7.67. The molecule has 1 unspecified atom stereocenters. The van der Waals surface area contributed by atoms with E-state index in [1.807, 2.05) is 17.0 Å². The SMILES string of the molecule is N#Cc1cccc(F)c1-c1cc(-n2ccc(N3CCCC(O)C3)n2)c2c(n1)CNC2=O. The van der Waals surface area contributed by atoms with Crippen LogP contribution in [0.5, 0.6) is 0 Å². The molecule has 5 rings (SSSR count). The monoisotopic (exact) mass is 418 g/mol. The Hall–Kier alpha value is -3.77. The summed E-state index contributed by atoms with van der Waals surface area (Å²) in [7, 11) is 0. The number of carbonyl (C=O) groups is 1. The zero-order valence-corrected chi connectivity index (χ0v) is 16.5. The standard InChI is InChI=1S/C22H19FN6O2/c23-15-5-1-3-13(10-24)20(15)16-9-18(21-17(26-16)11-25-22(21)31)29-8-6-19(27-29)28-7-2-4-14(30)12-28/h1,3,5-6,8-9,14,30H,2,4,7,11-12H2,(H,25,31). The molecular weight excluding hydrogens is 399 g/mol. The summed E-state index contributed by atoms with van der Waals surface area (Å²) in [6.07, 6.45) is 2.97. The van der Waals surface area contributed by atoms with E-state index in [9.17, 15) is 19.6 Å². The maximum absolute atomic E-state index is 14.6. The van der Waals surface area contributed by atoms with Crippen LogP contribution < -0.4 is 10.2 Å². The van der Waals surface area contributed by atoms with Crippen molar-refractivity contribution in [3.63, 3.8) is 0 Å². The van der Waals surface area contributed by atoms with Crippen molar-refractivity contribution in [3.05, 3.63) is 59.2 Å². The first-order chi connectivity index (χ1) is 15.0. The maximum Gasteiger partial charge on any atom is 0.255 e. The van der Waals surface area contributed by atoms with Gasteiger partial charge in [0.25, 0.3) is 5.91 Å². The molecule has 0 aliphatic carbocycles. The fraction of sp³-hybridized carbons (Fsp3) is 0.273. The molecular formula is C22H19FN6O2. The van der Waals surface area contributed by atoms with Crippen LogP contribution in [0.3, 0.4) is 0 Å². The number of nitrogens with zero attached hydrogens (tertiary/aromatic N) is 5. The number of pyridine rings is 1. The van der Waals surface area contributed by atoms with Crippen molar-refractivity contribution in [1.82, 2.24) is 20.1 Å². The highest BCUT2D eigenvalue weighted by Gasteiger charge is 2.28. The van der Waals surface area contributed by atoms with E-state index in [0.717, 1.165) is 19.4 Å². The number of fused-ring (bicyclic) bond motifs is 1. The minimum atomic E-state index is -0.557. The highest BCUT2D eigenvalue weighted by atomic mass is 19.1. The van der Waals surface area contributed by atoms with E-state index in [1.54, 1.807) is 16.9 Å². The molecule has 1 fully saturated rings. The lowest BCUT2D eigenvalue weighted by Gasteiger charge is -2.29. The molecule has 0 radical (unpaired) electrons. The highest BCUT2D eigenvalue weighted by Crippen LogP contribution is 2.31. The molecule has 9 heteroatoms. The molecule has 1 amide bonds. The zero-order valence-electron chi connectivity index (χ0n) is 16.5. The number of anilines is 1. The van der Waals surface area contributed by atoms with Crippen molar-refractivity contribution < 1.29 is 14.3 Å². The molecule has 3 aromatic rings. The maximum atomic E-state index is 14.6. The first-order valence-electron chi connectivity index (χ1n) is 10.1. The van der Waals surface area contributed by atoms with Crippen molar-refractivity contribution in [2.24, 2.45) is 0 Å². The van der Waals surface area contributed by atoms with E-state index in [2.05, 4.69) is 15.4 Å². The molecule has 0 saturated carbocycles. The summed E-state index contributed by atoms with van der Waals surface area (Å²) in [4.78, 5) is 19.0. The topological polar surface area (TPSA) is 107 Å². The lowest BCUT2D eigenvalue weighted by Crippen LogP contribution is -2.38. The molecule has 4 heterocycles. The van der Waals surface area contributed by atoms with E-state index in [4.69, 9.17) is 0 Å². The Morgan fingerprint density at radius 3 is 2.97 bits per heavy atom. The molecule has 1 aromatic carbocycles. The number of β-amino-alcohol motifs (C(OH)–C–C–N with tert-alkyl or cyclic N) is 1. The Balaban J connectivity index is 1.63. The quantitative estimate of drug-likeness (QED) is 0.675. The van der Waals surface area contributed by atoms with Crippen LogP contribution >= 0.6 is 0 Å². The molecule has 1 atom stereocenters. The minimum Gasteiger partial charge on any atom is -0.391 e. The van der Waals surface area contributed by atoms with Crippen molar-refractivity contribution in [3.8, 4) is 23.0 Å². The van der Waals surface area contributed by atoms with Crippen LogP contribution in [-0.2, 0) is 6.54 Å². The van der Waals surface area contributed by atoms with Gasteiger partial charge in [0.15, 0.2) is 5.82 Å². The number of carbonyl (C=O) groups excluding carboxylic acids is 1. The van der Waals surface area contributed by atoms with Gasteiger partial charge >= 0.3 is 0 Å². The number of amides is 1. The predicted octanol–water partition coefficient (Wildman–Crippen LogP) is 2.15. The summed E-state index contributed by atoms with van der Waals surface area (Å²) < 4.78 is 16.2. The predicted molar refractivity (Wildman–Crippen MR) is 110 cm³/mol. The number of benzene rings is 1. The summed E-state index contributed by atoms with van der Waals surface area (Å²) in [6, 6.07) is 9.70. The summed E-state index contributed by atoms with van der Waals surface area (Å²) in [5.74, 6) is -0.144. The normalized spacial score (nSPS) is 17.9. The third kappa shape index (κ3) is 3.31. The summed E-state index contributed by atoms with van der Waals surface area (Å²) in [5, 5.41) is 26.8. The molecule has 1 saturated heterocycles. The van der Waals surface area contributed by atoms with E-state index in [-0.39, 0.29) is 29.3 Å². The average molecular weight is 418 g/mol. The van der Waals surface area contributed by atoms with Gasteiger partial charge in [0, 0.05) is 25.4 Å².